The largest absolute Gasteiger partial charge is 0.367 e. The van der Waals surface area contributed by atoms with Crippen molar-refractivity contribution in [2.24, 2.45) is 17.6 Å². The van der Waals surface area contributed by atoms with Gasteiger partial charge in [0, 0.05) is 30.1 Å². The van der Waals surface area contributed by atoms with Crippen LogP contribution in [-0.2, 0) is 0 Å². The van der Waals surface area contributed by atoms with Gasteiger partial charge in [-0.05, 0) is 63.7 Å². The zero-order valence-electron chi connectivity index (χ0n) is 14.4. The minimum atomic E-state index is 0.337. The second-order valence-corrected chi connectivity index (χ2v) is 8.24. The second-order valence-electron chi connectivity index (χ2n) is 8.24. The maximum absolute atomic E-state index is 6.09. The highest BCUT2D eigenvalue weighted by Gasteiger charge is 2.43. The molecule has 5 heteroatoms. The minimum absolute atomic E-state index is 0.337. The van der Waals surface area contributed by atoms with E-state index in [1.165, 1.54) is 31.4 Å². The topological polar surface area (TPSA) is 68.2 Å². The van der Waals surface area contributed by atoms with E-state index in [1.54, 1.807) is 0 Å². The fraction of sp³-hybridized carbons (Fsp3) is 0.684. The van der Waals surface area contributed by atoms with E-state index in [-0.39, 0.29) is 0 Å². The number of hydrogen-bond acceptors (Lipinski definition) is 4. The second kappa shape index (κ2) is 5.45. The molecule has 3 aliphatic rings. The molecule has 5 rings (SSSR count). The molecule has 128 valence electrons. The summed E-state index contributed by atoms with van der Waals surface area (Å²) in [6.07, 6.45) is 8.84. The van der Waals surface area contributed by atoms with Gasteiger partial charge in [0.2, 0.25) is 0 Å². The van der Waals surface area contributed by atoms with Gasteiger partial charge in [-0.25, -0.2) is 4.98 Å². The first-order chi connectivity index (χ1) is 11.7. The smallest absolute Gasteiger partial charge is 0.157 e. The Morgan fingerprint density at radius 2 is 1.88 bits per heavy atom. The van der Waals surface area contributed by atoms with Crippen molar-refractivity contribution in [3.63, 3.8) is 0 Å². The van der Waals surface area contributed by atoms with Crippen LogP contribution in [0.1, 0.15) is 62.3 Å². The number of fused-ring (bicyclic) bond motifs is 1. The van der Waals surface area contributed by atoms with E-state index in [0.29, 0.717) is 18.0 Å². The van der Waals surface area contributed by atoms with E-state index in [1.807, 2.05) is 11.4 Å². The molecule has 3 saturated carbocycles. The first kappa shape index (κ1) is 14.7. The third kappa shape index (κ3) is 2.69. The predicted octanol–water partition coefficient (Wildman–Crippen LogP) is 3.23. The summed E-state index contributed by atoms with van der Waals surface area (Å²) in [6.45, 7) is 2.04. The number of nitrogens with zero attached hydrogens (tertiary/aromatic N) is 3. The van der Waals surface area contributed by atoms with Gasteiger partial charge in [-0.3, -0.25) is 0 Å². The lowest BCUT2D eigenvalue weighted by molar-refractivity contribution is 0.524. The Balaban J connectivity index is 1.53. The van der Waals surface area contributed by atoms with Crippen LogP contribution in [0.15, 0.2) is 12.1 Å². The van der Waals surface area contributed by atoms with Gasteiger partial charge >= 0.3 is 0 Å². The Hall–Kier alpha value is -1.62. The van der Waals surface area contributed by atoms with E-state index in [4.69, 9.17) is 10.7 Å². The average molecular weight is 325 g/mol. The third-order valence-electron chi connectivity index (χ3n) is 6.00. The van der Waals surface area contributed by atoms with Crippen LogP contribution in [0, 0.1) is 18.8 Å². The van der Waals surface area contributed by atoms with Crippen molar-refractivity contribution in [3.05, 3.63) is 23.5 Å². The molecule has 2 aromatic heterocycles. The van der Waals surface area contributed by atoms with Crippen LogP contribution in [0.4, 0.5) is 5.82 Å². The van der Waals surface area contributed by atoms with Gasteiger partial charge in [0.05, 0.1) is 11.4 Å². The van der Waals surface area contributed by atoms with E-state index < -0.39 is 0 Å². The van der Waals surface area contributed by atoms with Crippen molar-refractivity contribution in [1.29, 1.82) is 0 Å². The van der Waals surface area contributed by atoms with Crippen molar-refractivity contribution in [2.75, 3.05) is 5.32 Å². The number of nitrogens with one attached hydrogen (secondary N) is 1. The van der Waals surface area contributed by atoms with Gasteiger partial charge in [-0.2, -0.15) is 9.61 Å². The normalized spacial score (nSPS) is 27.3. The lowest BCUT2D eigenvalue weighted by atomic mass is 9.93. The van der Waals surface area contributed by atoms with Crippen LogP contribution in [0.25, 0.3) is 5.65 Å². The van der Waals surface area contributed by atoms with E-state index in [9.17, 15) is 0 Å². The van der Waals surface area contributed by atoms with Crippen LogP contribution in [0.5, 0.6) is 0 Å². The summed E-state index contributed by atoms with van der Waals surface area (Å²) in [7, 11) is 0. The number of nitrogens with two attached hydrogens (primary N) is 1. The third-order valence-corrected chi connectivity index (χ3v) is 6.00. The molecule has 0 aromatic carbocycles. The molecule has 3 aliphatic carbocycles. The first-order valence-corrected chi connectivity index (χ1v) is 9.57. The first-order valence-electron chi connectivity index (χ1n) is 9.57. The average Bonchev–Trinajstić information content (AvgIpc) is 3.46. The highest BCUT2D eigenvalue weighted by molar-refractivity contribution is 5.52. The molecule has 0 saturated heterocycles. The number of hydrogen-bond donors (Lipinski definition) is 2. The summed E-state index contributed by atoms with van der Waals surface area (Å²) in [5.74, 6) is 3.50. The fourth-order valence-electron chi connectivity index (χ4n) is 4.52. The highest BCUT2D eigenvalue weighted by atomic mass is 15.3. The van der Waals surface area contributed by atoms with E-state index >= 15 is 0 Å². The number of rotatable bonds is 5. The predicted molar refractivity (Wildman–Crippen MR) is 95.2 cm³/mol. The van der Waals surface area contributed by atoms with Crippen molar-refractivity contribution in [1.82, 2.24) is 14.6 Å². The van der Waals surface area contributed by atoms with E-state index in [2.05, 4.69) is 22.5 Å². The van der Waals surface area contributed by atoms with Crippen molar-refractivity contribution in [3.8, 4) is 0 Å². The van der Waals surface area contributed by atoms with Crippen molar-refractivity contribution in [2.45, 2.75) is 69.9 Å². The SMILES string of the molecule is Cc1cc2nc(C(C3CC3)C3CC3)cc(N[C@H]3CC[C@H](N)C3)n2n1. The van der Waals surface area contributed by atoms with Crippen LogP contribution >= 0.6 is 0 Å². The molecule has 2 atom stereocenters. The van der Waals surface area contributed by atoms with Crippen molar-refractivity contribution >= 4 is 11.5 Å². The van der Waals surface area contributed by atoms with Crippen LogP contribution in [-0.4, -0.2) is 26.7 Å². The lowest BCUT2D eigenvalue weighted by Crippen LogP contribution is -2.22. The van der Waals surface area contributed by atoms with Gasteiger partial charge in [0.1, 0.15) is 5.82 Å². The van der Waals surface area contributed by atoms with Gasteiger partial charge in [-0.1, -0.05) is 0 Å². The Labute approximate surface area is 143 Å². The fourth-order valence-corrected chi connectivity index (χ4v) is 4.52. The summed E-state index contributed by atoms with van der Waals surface area (Å²) < 4.78 is 1.99. The number of aromatic nitrogens is 3. The number of anilines is 1. The highest BCUT2D eigenvalue weighted by Crippen LogP contribution is 2.54. The molecule has 5 nitrogen and oxygen atoms in total. The zero-order chi connectivity index (χ0) is 16.3. The Kier molecular flexibility index (Phi) is 3.34. The van der Waals surface area contributed by atoms with E-state index in [0.717, 1.165) is 48.3 Å². The van der Waals surface area contributed by atoms with Gasteiger partial charge in [0.15, 0.2) is 5.65 Å². The molecular formula is C19H27N5. The Morgan fingerprint density at radius 3 is 2.50 bits per heavy atom. The quantitative estimate of drug-likeness (QED) is 0.885. The summed E-state index contributed by atoms with van der Waals surface area (Å²) >= 11 is 0. The molecule has 3 fully saturated rings. The molecule has 0 radical (unpaired) electrons. The Morgan fingerprint density at radius 1 is 1.12 bits per heavy atom. The molecule has 0 spiro atoms. The van der Waals surface area contributed by atoms with Gasteiger partial charge in [0.25, 0.3) is 0 Å². The Bertz CT molecular complexity index is 746. The molecule has 0 aliphatic heterocycles. The van der Waals surface area contributed by atoms with Gasteiger partial charge < -0.3 is 11.1 Å². The summed E-state index contributed by atoms with van der Waals surface area (Å²) in [6, 6.07) is 5.18. The maximum atomic E-state index is 6.09. The molecule has 0 amide bonds. The monoisotopic (exact) mass is 325 g/mol. The van der Waals surface area contributed by atoms with Crippen LogP contribution in [0.2, 0.25) is 0 Å². The molecule has 0 bridgehead atoms. The van der Waals surface area contributed by atoms with Crippen LogP contribution < -0.4 is 11.1 Å². The number of aryl methyl sites for hydroxylation is 1. The molecular weight excluding hydrogens is 298 g/mol. The molecule has 0 unspecified atom stereocenters. The van der Waals surface area contributed by atoms with Crippen LogP contribution in [0.3, 0.4) is 0 Å². The molecule has 2 heterocycles. The van der Waals surface area contributed by atoms with Gasteiger partial charge in [-0.15, -0.1) is 0 Å². The summed E-state index contributed by atoms with van der Waals surface area (Å²) in [5, 5.41) is 8.38. The molecule has 2 aromatic rings. The minimum Gasteiger partial charge on any atom is -0.367 e. The van der Waals surface area contributed by atoms with Crippen molar-refractivity contribution < 1.29 is 0 Å². The zero-order valence-corrected chi connectivity index (χ0v) is 14.4. The molecule has 3 N–H and O–H groups in total. The molecule has 24 heavy (non-hydrogen) atoms. The lowest BCUT2D eigenvalue weighted by Gasteiger charge is -2.19. The summed E-state index contributed by atoms with van der Waals surface area (Å²) in [4.78, 5) is 5.00. The summed E-state index contributed by atoms with van der Waals surface area (Å²) in [5.41, 5.74) is 9.40. The maximum Gasteiger partial charge on any atom is 0.157 e. The standard InChI is InChI=1S/C19H27N5/c1-11-8-17-22-16(19(12-2-3-12)13-4-5-13)10-18(24(17)23-11)21-15-7-6-14(20)9-15/h8,10,12-15,19,21H,2-7,9,20H2,1H3/t14-,15-/m0/s1.